The Labute approximate surface area is 188 Å². The fourth-order valence-electron chi connectivity index (χ4n) is 3.48. The van der Waals surface area contributed by atoms with Crippen LogP contribution in [0.1, 0.15) is 16.1 Å². The van der Waals surface area contributed by atoms with Gasteiger partial charge in [-0.2, -0.15) is 5.10 Å². The average Bonchev–Trinajstić information content (AvgIpc) is 3.36. The molecular formula is C21H21ClN6O4. The van der Waals surface area contributed by atoms with Crippen molar-refractivity contribution in [3.63, 3.8) is 0 Å². The van der Waals surface area contributed by atoms with E-state index in [2.05, 4.69) is 15.4 Å². The van der Waals surface area contributed by atoms with E-state index in [0.717, 1.165) is 11.3 Å². The lowest BCUT2D eigenvalue weighted by atomic mass is 10.2. The number of rotatable bonds is 6. The number of anilines is 1. The number of ether oxygens (including phenoxy) is 1. The molecule has 3 heterocycles. The molecule has 4 rings (SSSR count). The molecule has 166 valence electrons. The van der Waals surface area contributed by atoms with Crippen LogP contribution in [0.15, 0.2) is 42.2 Å². The number of fused-ring (bicyclic) bond motifs is 1. The molecule has 1 atom stereocenters. The number of methoxy groups -OCH3 is 1. The first kappa shape index (κ1) is 21.6. The van der Waals surface area contributed by atoms with Crippen LogP contribution in [-0.4, -0.2) is 65.4 Å². The molecule has 3 aromatic rings. The highest BCUT2D eigenvalue weighted by atomic mass is 35.5. The van der Waals surface area contributed by atoms with Crippen LogP contribution in [0.3, 0.4) is 0 Å². The van der Waals surface area contributed by atoms with Gasteiger partial charge in [0.05, 0.1) is 19.0 Å². The van der Waals surface area contributed by atoms with Crippen LogP contribution in [0.5, 0.6) is 5.75 Å². The zero-order valence-corrected chi connectivity index (χ0v) is 18.5. The predicted molar refractivity (Wildman–Crippen MR) is 117 cm³/mol. The summed E-state index contributed by atoms with van der Waals surface area (Å²) in [6, 6.07) is 8.80. The van der Waals surface area contributed by atoms with E-state index >= 15 is 0 Å². The molecule has 0 spiro atoms. The molecule has 32 heavy (non-hydrogen) atoms. The first-order valence-electron chi connectivity index (χ1n) is 9.72. The molecule has 0 aliphatic carbocycles. The molecule has 1 aromatic carbocycles. The van der Waals surface area contributed by atoms with Crippen molar-refractivity contribution in [2.45, 2.75) is 12.6 Å². The molecule has 0 bridgehead atoms. The highest BCUT2D eigenvalue weighted by Crippen LogP contribution is 2.25. The maximum absolute atomic E-state index is 12.9. The van der Waals surface area contributed by atoms with Gasteiger partial charge in [-0.15, -0.1) is 0 Å². The Hall–Kier alpha value is -3.59. The van der Waals surface area contributed by atoms with Crippen LogP contribution in [0.2, 0.25) is 5.15 Å². The van der Waals surface area contributed by atoms with Gasteiger partial charge in [-0.25, -0.2) is 19.4 Å². The van der Waals surface area contributed by atoms with Crippen LogP contribution in [0.4, 0.5) is 5.69 Å². The number of amides is 1. The Bertz CT molecular complexity index is 1200. The summed E-state index contributed by atoms with van der Waals surface area (Å²) >= 11 is 6.26. The van der Waals surface area contributed by atoms with Gasteiger partial charge in [0.15, 0.2) is 16.5 Å². The average molecular weight is 457 g/mol. The highest BCUT2D eigenvalue weighted by Gasteiger charge is 2.31. The Morgan fingerprint density at radius 2 is 2.16 bits per heavy atom. The van der Waals surface area contributed by atoms with Gasteiger partial charge in [0.1, 0.15) is 30.0 Å². The Kier molecular flexibility index (Phi) is 6.00. The molecular weight excluding hydrogens is 436 g/mol. The Morgan fingerprint density at radius 3 is 2.84 bits per heavy atom. The fourth-order valence-corrected chi connectivity index (χ4v) is 3.66. The predicted octanol–water partition coefficient (Wildman–Crippen LogP) is 1.72. The highest BCUT2D eigenvalue weighted by molar-refractivity contribution is 6.29. The number of carbonyl (C=O) groups is 1. The van der Waals surface area contributed by atoms with E-state index in [1.54, 1.807) is 26.2 Å². The molecule has 2 aromatic heterocycles. The second kappa shape index (κ2) is 8.88. The summed E-state index contributed by atoms with van der Waals surface area (Å²) in [6.45, 7) is 0.710. The number of carbonyl (C=O) groups excluding carboxylic acids is 2. The second-order valence-electron chi connectivity index (χ2n) is 7.24. The molecule has 11 heteroatoms. The van der Waals surface area contributed by atoms with Crippen LogP contribution < -0.4 is 15.0 Å². The molecule has 0 saturated carbocycles. The summed E-state index contributed by atoms with van der Waals surface area (Å²) in [5, 5.41) is 8.49. The van der Waals surface area contributed by atoms with Crippen molar-refractivity contribution in [1.82, 2.24) is 25.0 Å². The quantitative estimate of drug-likeness (QED) is 0.559. The number of nitrogens with one attached hydrogen (secondary N) is 1. The second-order valence-corrected chi connectivity index (χ2v) is 7.63. The molecule has 1 aliphatic heterocycles. The third-order valence-corrected chi connectivity index (χ3v) is 5.34. The van der Waals surface area contributed by atoms with E-state index in [0.29, 0.717) is 17.9 Å². The number of hydrogen-bond acceptors (Lipinski definition) is 8. The Balaban J connectivity index is 1.60. The zero-order valence-electron chi connectivity index (χ0n) is 17.7. The normalized spacial score (nSPS) is 15.7. The molecule has 1 amide bonds. The SMILES string of the molecule is COc1ccc(CN(C)c2cc(Cl)nn3c(C(=O)N[C@H]4CON(C)C4=C=O)cnc23)cc1. The van der Waals surface area contributed by atoms with E-state index in [1.165, 1.54) is 15.8 Å². The van der Waals surface area contributed by atoms with Gasteiger partial charge < -0.3 is 15.0 Å². The van der Waals surface area contributed by atoms with E-state index in [-0.39, 0.29) is 23.2 Å². The minimum absolute atomic E-state index is 0.133. The van der Waals surface area contributed by atoms with Crippen molar-refractivity contribution in [2.75, 3.05) is 32.7 Å². The molecule has 1 N–H and O–H groups in total. The first-order chi connectivity index (χ1) is 15.4. The summed E-state index contributed by atoms with van der Waals surface area (Å²) in [7, 11) is 5.10. The minimum Gasteiger partial charge on any atom is -0.497 e. The van der Waals surface area contributed by atoms with Gasteiger partial charge in [0, 0.05) is 26.7 Å². The molecule has 1 fully saturated rings. The number of likely N-dealkylation sites (N-methyl/N-ethyl adjacent to an activating group) is 1. The number of halogens is 1. The standard InChI is InChI=1S/C21H21ClN6O4/c1-26(10-13-4-6-14(31-3)7-5-13)16-8-19(22)25-28-17(9-23-20(16)28)21(30)24-15-12-32-27(2)18(15)11-29/h4-9,15H,10,12H2,1-3H3,(H,24,30)/t15-/m0/s1. The van der Waals surface area contributed by atoms with Crippen molar-refractivity contribution < 1.29 is 19.2 Å². The Morgan fingerprint density at radius 1 is 1.41 bits per heavy atom. The van der Waals surface area contributed by atoms with Crippen molar-refractivity contribution >= 4 is 34.8 Å². The van der Waals surface area contributed by atoms with Crippen molar-refractivity contribution in [3.05, 3.63) is 58.6 Å². The maximum atomic E-state index is 12.9. The van der Waals surface area contributed by atoms with E-state index in [1.807, 2.05) is 36.2 Å². The van der Waals surface area contributed by atoms with Crippen LogP contribution >= 0.6 is 11.6 Å². The summed E-state index contributed by atoms with van der Waals surface area (Å²) < 4.78 is 6.59. The number of benzene rings is 1. The maximum Gasteiger partial charge on any atom is 0.272 e. The first-order valence-corrected chi connectivity index (χ1v) is 10.1. The van der Waals surface area contributed by atoms with Gasteiger partial charge in [0.2, 0.25) is 0 Å². The van der Waals surface area contributed by atoms with E-state index < -0.39 is 11.9 Å². The number of hydrogen-bond donors (Lipinski definition) is 1. The molecule has 0 radical (unpaired) electrons. The van der Waals surface area contributed by atoms with Gasteiger partial charge in [-0.05, 0) is 17.7 Å². The lowest BCUT2D eigenvalue weighted by Gasteiger charge is -2.20. The number of imidazole rings is 1. The van der Waals surface area contributed by atoms with Crippen LogP contribution in [0, 0.1) is 0 Å². The number of hydroxylamine groups is 2. The third kappa shape index (κ3) is 4.11. The van der Waals surface area contributed by atoms with Crippen LogP contribution in [0.25, 0.3) is 5.65 Å². The van der Waals surface area contributed by atoms with Crippen molar-refractivity contribution in [3.8, 4) is 5.75 Å². The smallest absolute Gasteiger partial charge is 0.272 e. The monoisotopic (exact) mass is 456 g/mol. The van der Waals surface area contributed by atoms with E-state index in [9.17, 15) is 9.59 Å². The van der Waals surface area contributed by atoms with Crippen molar-refractivity contribution in [2.24, 2.45) is 0 Å². The third-order valence-electron chi connectivity index (χ3n) is 5.16. The lowest BCUT2D eigenvalue weighted by molar-refractivity contribution is -0.0687. The van der Waals surface area contributed by atoms with Gasteiger partial charge in [-0.3, -0.25) is 9.63 Å². The van der Waals surface area contributed by atoms with Crippen molar-refractivity contribution in [1.29, 1.82) is 0 Å². The number of nitrogens with zero attached hydrogens (tertiary/aromatic N) is 5. The van der Waals surface area contributed by atoms with Gasteiger partial charge >= 0.3 is 0 Å². The molecule has 0 unspecified atom stereocenters. The van der Waals surface area contributed by atoms with Gasteiger partial charge in [0.25, 0.3) is 5.91 Å². The largest absolute Gasteiger partial charge is 0.497 e. The zero-order chi connectivity index (χ0) is 22.8. The van der Waals surface area contributed by atoms with Crippen LogP contribution in [-0.2, 0) is 16.2 Å². The summed E-state index contributed by atoms with van der Waals surface area (Å²) in [5.41, 5.74) is 2.63. The van der Waals surface area contributed by atoms with E-state index in [4.69, 9.17) is 21.2 Å². The summed E-state index contributed by atoms with van der Waals surface area (Å²) in [6.07, 6.45) is 1.42. The molecule has 1 saturated heterocycles. The minimum atomic E-state index is -0.619. The number of aromatic nitrogens is 3. The molecule has 1 aliphatic rings. The summed E-state index contributed by atoms with van der Waals surface area (Å²) in [5.74, 6) is 2.11. The fraction of sp³-hybridized carbons (Fsp3) is 0.286. The topological polar surface area (TPSA) is 101 Å². The molecule has 10 nitrogen and oxygen atoms in total. The van der Waals surface area contributed by atoms with Gasteiger partial charge in [-0.1, -0.05) is 23.7 Å². The summed E-state index contributed by atoms with van der Waals surface area (Å²) in [4.78, 5) is 35.7. The lowest BCUT2D eigenvalue weighted by Crippen LogP contribution is -2.38.